The Morgan fingerprint density at radius 2 is 1.88 bits per heavy atom. The van der Waals surface area contributed by atoms with Gasteiger partial charge in [0.2, 0.25) is 5.91 Å². The molecule has 2 N–H and O–H groups in total. The number of fused-ring (bicyclic) bond motifs is 4. The third-order valence-corrected chi connectivity index (χ3v) is 9.19. The maximum atomic E-state index is 13.6. The number of methoxy groups -OCH3 is 1. The Balaban J connectivity index is 1.51. The number of carbonyl (C=O) groups is 1. The number of carbonyl (C=O) groups excluding carboxylic acids is 1. The summed E-state index contributed by atoms with van der Waals surface area (Å²) < 4.78 is 6.87. The monoisotopic (exact) mass is 576 g/mol. The number of nitrogens with one attached hydrogen (secondary N) is 1. The highest BCUT2D eigenvalue weighted by atomic mass is 35.5. The van der Waals surface area contributed by atoms with Crippen LogP contribution in [0.25, 0.3) is 21.7 Å². The van der Waals surface area contributed by atoms with Gasteiger partial charge in [-0.2, -0.15) is 0 Å². The van der Waals surface area contributed by atoms with Gasteiger partial charge in [0.25, 0.3) is 5.56 Å². The Bertz CT molecular complexity index is 1570. The van der Waals surface area contributed by atoms with Crippen LogP contribution >= 0.6 is 22.9 Å². The molecule has 40 heavy (non-hydrogen) atoms. The van der Waals surface area contributed by atoms with E-state index in [2.05, 4.69) is 22.3 Å². The largest absolute Gasteiger partial charge is 0.396 e. The lowest BCUT2D eigenvalue weighted by molar-refractivity contribution is -0.127. The minimum Gasteiger partial charge on any atom is -0.396 e. The molecule has 2 aromatic heterocycles. The number of hydrogen-bond donors (Lipinski definition) is 2. The van der Waals surface area contributed by atoms with Crippen molar-refractivity contribution >= 4 is 34.0 Å². The smallest absolute Gasteiger partial charge is 0.250 e. The number of nitrogens with zero attached hydrogens (tertiary/aromatic N) is 3. The van der Waals surface area contributed by atoms with E-state index in [0.29, 0.717) is 24.7 Å². The van der Waals surface area contributed by atoms with Crippen molar-refractivity contribution in [3.8, 4) is 21.7 Å². The quantitative estimate of drug-likeness (QED) is 0.305. The lowest BCUT2D eigenvalue weighted by atomic mass is 9.86. The Hall–Kier alpha value is -3.50. The lowest BCUT2D eigenvalue weighted by Gasteiger charge is -2.38. The second-order valence-corrected chi connectivity index (χ2v) is 11.4. The molecular weight excluding hydrogens is 548 g/mol. The molecule has 4 atom stereocenters. The number of rotatable bonds is 8. The molecule has 1 saturated heterocycles. The van der Waals surface area contributed by atoms with Crippen molar-refractivity contribution in [2.75, 3.05) is 31.8 Å². The van der Waals surface area contributed by atoms with Crippen LogP contribution in [0, 0.1) is 11.8 Å². The van der Waals surface area contributed by atoms with Crippen LogP contribution < -0.4 is 15.8 Å². The zero-order chi connectivity index (χ0) is 27.8. The molecule has 0 saturated carbocycles. The maximum Gasteiger partial charge on any atom is 0.250 e. The molecular formula is C30H29ClN4O4S. The van der Waals surface area contributed by atoms with E-state index in [4.69, 9.17) is 21.3 Å². The van der Waals surface area contributed by atoms with Gasteiger partial charge in [0, 0.05) is 55.1 Å². The second-order valence-electron chi connectivity index (χ2n) is 10.0. The lowest BCUT2D eigenvalue weighted by Crippen LogP contribution is -2.46. The van der Waals surface area contributed by atoms with Gasteiger partial charge in [-0.15, -0.1) is 0 Å². The summed E-state index contributed by atoms with van der Waals surface area (Å²) in [5, 5.41) is 15.0. The molecule has 10 heteroatoms. The molecule has 8 nitrogen and oxygen atoms in total. The van der Waals surface area contributed by atoms with E-state index in [1.807, 2.05) is 48.5 Å². The number of aromatic nitrogens is 2. The number of pyridine rings is 1. The molecule has 4 aromatic rings. The van der Waals surface area contributed by atoms with Gasteiger partial charge in [-0.25, -0.2) is 4.98 Å². The highest BCUT2D eigenvalue weighted by Gasteiger charge is 2.56. The number of hydrogen-bond acceptors (Lipinski definition) is 7. The zero-order valence-corrected chi connectivity index (χ0v) is 23.4. The minimum atomic E-state index is -0.578. The fourth-order valence-electron chi connectivity index (χ4n) is 6.02. The van der Waals surface area contributed by atoms with Crippen LogP contribution in [0.15, 0.2) is 77.6 Å². The summed E-state index contributed by atoms with van der Waals surface area (Å²) in [7, 11) is 1.58. The topological polar surface area (TPSA) is 96.7 Å². The number of amides is 1. The first kappa shape index (κ1) is 26.7. The first-order chi connectivity index (χ1) is 19.5. The third-order valence-electron chi connectivity index (χ3n) is 7.82. The second kappa shape index (κ2) is 11.2. The van der Waals surface area contributed by atoms with E-state index >= 15 is 0 Å². The highest BCUT2D eigenvalue weighted by Crippen LogP contribution is 2.53. The molecule has 206 valence electrons. The summed E-state index contributed by atoms with van der Waals surface area (Å²) in [6.45, 7) is 0.908. The maximum absolute atomic E-state index is 13.6. The van der Waals surface area contributed by atoms with Gasteiger partial charge in [-0.05, 0) is 23.8 Å². The molecule has 0 spiro atoms. The van der Waals surface area contributed by atoms with Crippen LogP contribution in [0.5, 0.6) is 0 Å². The Labute approximate surface area is 240 Å². The van der Waals surface area contributed by atoms with Crippen molar-refractivity contribution in [1.82, 2.24) is 14.9 Å². The van der Waals surface area contributed by atoms with Crippen LogP contribution in [0.3, 0.4) is 0 Å². The van der Waals surface area contributed by atoms with E-state index < -0.39 is 17.9 Å². The van der Waals surface area contributed by atoms with Crippen LogP contribution in [0.2, 0.25) is 5.02 Å². The third kappa shape index (κ3) is 4.62. The molecule has 2 aromatic carbocycles. The minimum absolute atomic E-state index is 0.116. The molecule has 2 bridgehead atoms. The standard InChI is InChI=1S/C30H29ClN4O4S/c1-39-15-14-32-29(38)25-21(17-36)23-16-34-22(8-5-9-24(34)37)27(25)35(23)30-33-26(18-10-12-20(31)13-11-18)28(40-30)19-6-3-2-4-7-19/h2-13,21,23,25,27,36H,14-17H2,1H3,(H,32,38)/t21-,23-,25+,27+/m0/s1. The van der Waals surface area contributed by atoms with Crippen LogP contribution in [0.1, 0.15) is 11.7 Å². The van der Waals surface area contributed by atoms with E-state index in [0.717, 1.165) is 32.5 Å². The highest BCUT2D eigenvalue weighted by molar-refractivity contribution is 7.19. The van der Waals surface area contributed by atoms with Crippen molar-refractivity contribution in [2.24, 2.45) is 11.8 Å². The molecule has 1 amide bonds. The van der Waals surface area contributed by atoms with Gasteiger partial charge in [-0.1, -0.05) is 71.5 Å². The summed E-state index contributed by atoms with van der Waals surface area (Å²) in [5.74, 6) is -1.14. The number of thiazole rings is 1. The van der Waals surface area contributed by atoms with E-state index in [-0.39, 0.29) is 24.1 Å². The average Bonchev–Trinajstić information content (AvgIpc) is 3.51. The number of anilines is 1. The van der Waals surface area contributed by atoms with Gasteiger partial charge in [0.15, 0.2) is 5.13 Å². The van der Waals surface area contributed by atoms with Crippen molar-refractivity contribution in [2.45, 2.75) is 18.6 Å². The van der Waals surface area contributed by atoms with E-state index in [1.54, 1.807) is 29.1 Å². The van der Waals surface area contributed by atoms with Crippen molar-refractivity contribution in [1.29, 1.82) is 0 Å². The van der Waals surface area contributed by atoms with Gasteiger partial charge in [-0.3, -0.25) is 9.59 Å². The first-order valence-electron chi connectivity index (χ1n) is 13.2. The van der Waals surface area contributed by atoms with Gasteiger partial charge in [0.05, 0.1) is 35.2 Å². The van der Waals surface area contributed by atoms with Crippen LogP contribution in [0.4, 0.5) is 5.13 Å². The van der Waals surface area contributed by atoms with Crippen molar-refractivity contribution in [3.63, 3.8) is 0 Å². The van der Waals surface area contributed by atoms with Crippen LogP contribution in [-0.2, 0) is 16.1 Å². The molecule has 0 unspecified atom stereocenters. The van der Waals surface area contributed by atoms with Gasteiger partial charge in [0.1, 0.15) is 0 Å². The van der Waals surface area contributed by atoms with Gasteiger partial charge < -0.3 is 24.6 Å². The summed E-state index contributed by atoms with van der Waals surface area (Å²) in [4.78, 5) is 34.9. The van der Waals surface area contributed by atoms with Crippen LogP contribution in [-0.4, -0.2) is 53.5 Å². The molecule has 1 fully saturated rings. The van der Waals surface area contributed by atoms with Crippen molar-refractivity contribution < 1.29 is 14.6 Å². The normalized spacial score (nSPS) is 21.3. The average molecular weight is 577 g/mol. The Morgan fingerprint density at radius 3 is 2.60 bits per heavy atom. The van der Waals surface area contributed by atoms with Gasteiger partial charge >= 0.3 is 0 Å². The Morgan fingerprint density at radius 1 is 1.10 bits per heavy atom. The summed E-state index contributed by atoms with van der Waals surface area (Å²) >= 11 is 7.74. The number of halogens is 1. The predicted octanol–water partition coefficient (Wildman–Crippen LogP) is 4.22. The number of aliphatic hydroxyl groups excluding tert-OH is 1. The molecule has 2 aliphatic heterocycles. The van der Waals surface area contributed by atoms with Crippen molar-refractivity contribution in [3.05, 3.63) is 93.9 Å². The van der Waals surface area contributed by atoms with E-state index in [9.17, 15) is 14.7 Å². The molecule has 2 aliphatic rings. The number of ether oxygens (including phenoxy) is 1. The molecule has 0 radical (unpaired) electrons. The fraction of sp³-hybridized carbons (Fsp3) is 0.300. The summed E-state index contributed by atoms with van der Waals surface area (Å²) in [5.41, 5.74) is 3.41. The predicted molar refractivity (Wildman–Crippen MR) is 157 cm³/mol. The molecule has 6 rings (SSSR count). The van der Waals surface area contributed by atoms with E-state index in [1.165, 1.54) is 6.07 Å². The summed E-state index contributed by atoms with van der Waals surface area (Å²) in [6.07, 6.45) is 0. The Kier molecular flexibility index (Phi) is 7.46. The fourth-order valence-corrected chi connectivity index (χ4v) is 7.34. The zero-order valence-electron chi connectivity index (χ0n) is 21.9. The number of benzene rings is 2. The number of aliphatic hydroxyl groups is 1. The molecule has 0 aliphatic carbocycles. The first-order valence-corrected chi connectivity index (χ1v) is 14.4. The SMILES string of the molecule is COCCNC(=O)[C@@H]1[C@@H](CO)[C@@H]2Cn3c(cccc3=O)[C@H]1N2c1nc(-c2ccc(Cl)cc2)c(-c2ccccc2)s1. The molecule has 4 heterocycles. The summed E-state index contributed by atoms with van der Waals surface area (Å²) in [6, 6.07) is 22.1.